The normalized spacial score (nSPS) is 19.1. The van der Waals surface area contributed by atoms with Gasteiger partial charge in [0, 0.05) is 6.42 Å². The van der Waals surface area contributed by atoms with Crippen molar-refractivity contribution in [1.82, 2.24) is 0 Å². The molecule has 0 atom stereocenters. The Morgan fingerprint density at radius 3 is 2.68 bits per heavy atom. The monoisotopic (exact) mass is 385 g/mol. The summed E-state index contributed by atoms with van der Waals surface area (Å²) in [6.07, 6.45) is 10.8. The number of ether oxygens (including phenoxy) is 2. The fourth-order valence-electron chi connectivity index (χ4n) is 2.97. The van der Waals surface area contributed by atoms with Crippen LogP contribution in [0.3, 0.4) is 0 Å². The number of methoxy groups -OCH3 is 1. The predicted molar refractivity (Wildman–Crippen MR) is 107 cm³/mol. The highest BCUT2D eigenvalue weighted by Crippen LogP contribution is 2.20. The number of aryl methyl sites for hydroxylation is 2. The van der Waals surface area contributed by atoms with Crippen LogP contribution < -0.4 is 0 Å². The number of hydrogen-bond acceptors (Lipinski definition) is 6. The summed E-state index contributed by atoms with van der Waals surface area (Å²) < 4.78 is 10.0. The summed E-state index contributed by atoms with van der Waals surface area (Å²) in [6.45, 7) is 3.96. The Morgan fingerprint density at radius 2 is 1.89 bits per heavy atom. The van der Waals surface area contributed by atoms with E-state index in [9.17, 15) is 9.59 Å². The first-order chi connectivity index (χ1) is 13.5. The van der Waals surface area contributed by atoms with Gasteiger partial charge in [-0.05, 0) is 50.3 Å². The van der Waals surface area contributed by atoms with Crippen molar-refractivity contribution in [2.75, 3.05) is 20.3 Å². The second-order valence-electron chi connectivity index (χ2n) is 6.60. The van der Waals surface area contributed by atoms with Crippen LogP contribution in [0.4, 0.5) is 0 Å². The summed E-state index contributed by atoms with van der Waals surface area (Å²) >= 11 is 0. The zero-order chi connectivity index (χ0) is 20.4. The number of cyclic esters (lactones) is 1. The Morgan fingerprint density at radius 1 is 1.14 bits per heavy atom. The van der Waals surface area contributed by atoms with Crippen LogP contribution in [0.5, 0.6) is 0 Å². The number of allylic oxidation sites excluding steroid dienone is 3. The lowest BCUT2D eigenvalue weighted by Gasteiger charge is -2.14. The van der Waals surface area contributed by atoms with Gasteiger partial charge in [-0.2, -0.15) is 0 Å². The minimum absolute atomic E-state index is 0.266. The summed E-state index contributed by atoms with van der Waals surface area (Å²) in [5.74, 6) is -0.841. The number of fused-ring (bicyclic) bond motifs is 1. The largest absolute Gasteiger partial charge is 0.466 e. The first kappa shape index (κ1) is 21.4. The molecular formula is C22H27NO5. The van der Waals surface area contributed by atoms with Crippen molar-refractivity contribution in [1.29, 1.82) is 0 Å². The molecule has 150 valence electrons. The molecule has 1 aliphatic rings. The topological polar surface area (TPSA) is 74.2 Å². The standard InChI is InChI=1S/C22H27NO5/c1-16-12-17(2)21-18(13-16)14-19(23-28-15-20(24)26-3)10-8-6-4-5-7-9-11-27-22(21)25/h5,7-8,10,12-13H,4,6,9,11,14-15H2,1-3H3/b7-5+,10-8+,23-19-. The molecule has 1 aliphatic heterocycles. The average molecular weight is 385 g/mol. The lowest BCUT2D eigenvalue weighted by atomic mass is 9.95. The van der Waals surface area contributed by atoms with E-state index in [0.717, 1.165) is 29.5 Å². The molecule has 0 amide bonds. The highest BCUT2D eigenvalue weighted by molar-refractivity contribution is 5.99. The van der Waals surface area contributed by atoms with Crippen LogP contribution in [0.15, 0.2) is 41.6 Å². The third kappa shape index (κ3) is 6.68. The first-order valence-corrected chi connectivity index (χ1v) is 9.35. The van der Waals surface area contributed by atoms with Crippen LogP contribution in [-0.4, -0.2) is 38.0 Å². The van der Waals surface area contributed by atoms with Gasteiger partial charge in [-0.25, -0.2) is 9.59 Å². The SMILES string of the molecule is COC(=O)CO/N=C1/C=C/CC/C=C/CCOC(=O)c2c(C)cc(C)cc2C1. The van der Waals surface area contributed by atoms with E-state index in [4.69, 9.17) is 9.57 Å². The molecule has 2 rings (SSSR count). The molecule has 0 spiro atoms. The zero-order valence-corrected chi connectivity index (χ0v) is 16.7. The number of carbonyl (C=O) groups is 2. The molecular weight excluding hydrogens is 358 g/mol. The molecule has 0 bridgehead atoms. The number of rotatable bonds is 3. The summed E-state index contributed by atoms with van der Waals surface area (Å²) in [4.78, 5) is 29.0. The number of oxime groups is 1. The molecule has 0 N–H and O–H groups in total. The molecule has 6 heteroatoms. The fourth-order valence-corrected chi connectivity index (χ4v) is 2.97. The van der Waals surface area contributed by atoms with Crippen LogP contribution in [0.1, 0.15) is 46.3 Å². The third-order valence-electron chi connectivity index (χ3n) is 4.22. The maximum absolute atomic E-state index is 12.7. The lowest BCUT2D eigenvalue weighted by Crippen LogP contribution is -2.14. The van der Waals surface area contributed by atoms with Crippen molar-refractivity contribution in [2.45, 2.75) is 39.5 Å². The number of nitrogens with zero attached hydrogens (tertiary/aromatic N) is 1. The van der Waals surface area contributed by atoms with Gasteiger partial charge in [0.2, 0.25) is 6.61 Å². The highest BCUT2D eigenvalue weighted by Gasteiger charge is 2.18. The van der Waals surface area contributed by atoms with Gasteiger partial charge in [0.25, 0.3) is 0 Å². The average Bonchev–Trinajstić information content (AvgIpc) is 2.65. The van der Waals surface area contributed by atoms with E-state index >= 15 is 0 Å². The zero-order valence-electron chi connectivity index (χ0n) is 16.7. The van der Waals surface area contributed by atoms with E-state index in [0.29, 0.717) is 30.7 Å². The van der Waals surface area contributed by atoms with E-state index < -0.39 is 5.97 Å². The molecule has 6 nitrogen and oxygen atoms in total. The Hall–Kier alpha value is -2.89. The molecule has 1 aromatic rings. The maximum atomic E-state index is 12.7. The van der Waals surface area contributed by atoms with Gasteiger partial charge in [0.05, 0.1) is 25.0 Å². The highest BCUT2D eigenvalue weighted by atomic mass is 16.6. The fraction of sp³-hybridized carbons (Fsp3) is 0.409. The summed E-state index contributed by atoms with van der Waals surface area (Å²) in [6, 6.07) is 3.92. The Balaban J connectivity index is 2.36. The molecule has 0 unspecified atom stereocenters. The minimum atomic E-state index is -0.505. The quantitative estimate of drug-likeness (QED) is 0.449. The maximum Gasteiger partial charge on any atom is 0.346 e. The molecule has 0 aliphatic carbocycles. The van der Waals surface area contributed by atoms with Crippen molar-refractivity contribution in [2.24, 2.45) is 5.16 Å². The van der Waals surface area contributed by atoms with E-state index in [-0.39, 0.29) is 12.6 Å². The number of carbonyl (C=O) groups excluding carboxylic acids is 2. The van der Waals surface area contributed by atoms with Crippen LogP contribution >= 0.6 is 0 Å². The second-order valence-corrected chi connectivity index (χ2v) is 6.60. The first-order valence-electron chi connectivity index (χ1n) is 9.35. The molecule has 0 radical (unpaired) electrons. The summed E-state index contributed by atoms with van der Waals surface area (Å²) in [7, 11) is 1.29. The molecule has 28 heavy (non-hydrogen) atoms. The van der Waals surface area contributed by atoms with E-state index in [1.54, 1.807) is 0 Å². The van der Waals surface area contributed by atoms with Gasteiger partial charge in [-0.1, -0.05) is 41.1 Å². The van der Waals surface area contributed by atoms with Crippen molar-refractivity contribution in [3.05, 3.63) is 58.7 Å². The van der Waals surface area contributed by atoms with Gasteiger partial charge in [-0.15, -0.1) is 0 Å². The Kier molecular flexibility index (Phi) is 8.46. The van der Waals surface area contributed by atoms with E-state index in [1.807, 2.05) is 44.2 Å². The van der Waals surface area contributed by atoms with Crippen LogP contribution in [0.2, 0.25) is 0 Å². The van der Waals surface area contributed by atoms with Gasteiger partial charge >= 0.3 is 11.9 Å². The molecule has 0 saturated heterocycles. The van der Waals surface area contributed by atoms with Crippen molar-refractivity contribution >= 4 is 17.7 Å². The van der Waals surface area contributed by atoms with Crippen LogP contribution in [0.25, 0.3) is 0 Å². The molecule has 1 heterocycles. The number of benzene rings is 1. The van der Waals surface area contributed by atoms with Crippen molar-refractivity contribution < 1.29 is 23.9 Å². The second kappa shape index (κ2) is 11.1. The van der Waals surface area contributed by atoms with Gasteiger partial charge in [0.1, 0.15) is 0 Å². The van der Waals surface area contributed by atoms with Crippen molar-refractivity contribution in [3.8, 4) is 0 Å². The van der Waals surface area contributed by atoms with Gasteiger partial charge in [0.15, 0.2) is 0 Å². The van der Waals surface area contributed by atoms with Gasteiger partial charge < -0.3 is 14.3 Å². The Labute approximate surface area is 165 Å². The number of hydrogen-bond donors (Lipinski definition) is 0. The smallest absolute Gasteiger partial charge is 0.346 e. The van der Waals surface area contributed by atoms with Gasteiger partial charge in [-0.3, -0.25) is 0 Å². The van der Waals surface area contributed by atoms with Crippen molar-refractivity contribution in [3.63, 3.8) is 0 Å². The molecule has 0 fully saturated rings. The van der Waals surface area contributed by atoms with Crippen LogP contribution in [0, 0.1) is 13.8 Å². The molecule has 0 aromatic heterocycles. The predicted octanol–water partition coefficient (Wildman–Crippen LogP) is 3.84. The summed E-state index contributed by atoms with van der Waals surface area (Å²) in [5, 5.41) is 4.08. The summed E-state index contributed by atoms with van der Waals surface area (Å²) in [5.41, 5.74) is 3.90. The van der Waals surface area contributed by atoms with Crippen LogP contribution in [-0.2, 0) is 25.5 Å². The Bertz CT molecular complexity index is 792. The number of esters is 2. The van der Waals surface area contributed by atoms with E-state index in [2.05, 4.69) is 16.0 Å². The third-order valence-corrected chi connectivity index (χ3v) is 4.22. The molecule has 1 aromatic carbocycles. The molecule has 0 saturated carbocycles. The minimum Gasteiger partial charge on any atom is -0.466 e. The van der Waals surface area contributed by atoms with E-state index in [1.165, 1.54) is 7.11 Å². The lowest BCUT2D eigenvalue weighted by molar-refractivity contribution is -0.145.